The summed E-state index contributed by atoms with van der Waals surface area (Å²) in [6, 6.07) is 0. The fourth-order valence-electron chi connectivity index (χ4n) is 1.20. The largest absolute Gasteiger partial charge is 0.469 e. The quantitative estimate of drug-likeness (QED) is 0.216. The standard InChI is InChI=1S/C11H14O4/c1-14-11(13)7-6-10-9(15-10)5-3-2-4-8-12/h2-5,8-10H,6-7H2,1H3/b4-2+,5-3+/t9-,10-/m0/s1. The van der Waals surface area contributed by atoms with Gasteiger partial charge in [0, 0.05) is 6.42 Å². The van der Waals surface area contributed by atoms with Gasteiger partial charge in [-0.25, -0.2) is 0 Å². The second-order valence-corrected chi connectivity index (χ2v) is 3.16. The zero-order valence-electron chi connectivity index (χ0n) is 8.59. The smallest absolute Gasteiger partial charge is 0.305 e. The Morgan fingerprint density at radius 2 is 2.20 bits per heavy atom. The van der Waals surface area contributed by atoms with E-state index in [0.717, 1.165) is 0 Å². The second kappa shape index (κ2) is 6.14. The van der Waals surface area contributed by atoms with Crippen molar-refractivity contribution in [3.05, 3.63) is 24.3 Å². The fraction of sp³-hybridized carbons (Fsp3) is 0.455. The summed E-state index contributed by atoms with van der Waals surface area (Å²) in [6.07, 6.45) is 8.64. The second-order valence-electron chi connectivity index (χ2n) is 3.16. The van der Waals surface area contributed by atoms with Crippen molar-refractivity contribution in [2.45, 2.75) is 25.0 Å². The number of allylic oxidation sites excluding steroid dienone is 3. The molecule has 4 heteroatoms. The van der Waals surface area contributed by atoms with Crippen LogP contribution in [-0.2, 0) is 19.1 Å². The predicted molar refractivity (Wildman–Crippen MR) is 54.3 cm³/mol. The number of aldehydes is 1. The molecule has 1 aliphatic rings. The van der Waals surface area contributed by atoms with Gasteiger partial charge in [0.25, 0.3) is 0 Å². The van der Waals surface area contributed by atoms with Crippen molar-refractivity contribution in [2.24, 2.45) is 0 Å². The number of rotatable bonds is 6. The molecule has 0 spiro atoms. The van der Waals surface area contributed by atoms with Gasteiger partial charge in [-0.05, 0) is 12.5 Å². The molecule has 1 aliphatic heterocycles. The Bertz CT molecular complexity index is 280. The molecule has 0 amide bonds. The summed E-state index contributed by atoms with van der Waals surface area (Å²) in [5.74, 6) is -0.214. The summed E-state index contributed by atoms with van der Waals surface area (Å²) in [5, 5.41) is 0. The highest BCUT2D eigenvalue weighted by molar-refractivity contribution is 5.69. The summed E-state index contributed by atoms with van der Waals surface area (Å²) in [5.41, 5.74) is 0. The highest BCUT2D eigenvalue weighted by Crippen LogP contribution is 2.27. The molecule has 15 heavy (non-hydrogen) atoms. The van der Waals surface area contributed by atoms with E-state index in [9.17, 15) is 9.59 Å². The van der Waals surface area contributed by atoms with E-state index in [2.05, 4.69) is 4.74 Å². The first-order valence-corrected chi connectivity index (χ1v) is 4.79. The number of epoxide rings is 1. The first-order valence-electron chi connectivity index (χ1n) is 4.79. The SMILES string of the molecule is COC(=O)CC[C@@H]1O[C@H]1/C=C/C=C/C=O. The molecule has 0 aromatic rings. The van der Waals surface area contributed by atoms with Crippen molar-refractivity contribution >= 4 is 12.3 Å². The number of carbonyl (C=O) groups is 2. The third-order valence-corrected chi connectivity index (χ3v) is 2.08. The molecule has 0 saturated carbocycles. The minimum absolute atomic E-state index is 0.0750. The van der Waals surface area contributed by atoms with Gasteiger partial charge in [0.05, 0.1) is 13.2 Å². The summed E-state index contributed by atoms with van der Waals surface area (Å²) in [7, 11) is 1.37. The zero-order valence-corrected chi connectivity index (χ0v) is 8.59. The van der Waals surface area contributed by atoms with E-state index in [1.54, 1.807) is 12.2 Å². The summed E-state index contributed by atoms with van der Waals surface area (Å²) >= 11 is 0. The van der Waals surface area contributed by atoms with Gasteiger partial charge >= 0.3 is 5.97 Å². The van der Waals surface area contributed by atoms with Crippen LogP contribution >= 0.6 is 0 Å². The van der Waals surface area contributed by atoms with Gasteiger partial charge in [0.15, 0.2) is 0 Å². The molecule has 1 saturated heterocycles. The van der Waals surface area contributed by atoms with Gasteiger partial charge in [-0.3, -0.25) is 9.59 Å². The van der Waals surface area contributed by atoms with Crippen molar-refractivity contribution < 1.29 is 19.1 Å². The molecule has 0 bridgehead atoms. The highest BCUT2D eigenvalue weighted by atomic mass is 16.6. The van der Waals surface area contributed by atoms with E-state index >= 15 is 0 Å². The Morgan fingerprint density at radius 1 is 1.40 bits per heavy atom. The molecule has 0 unspecified atom stereocenters. The van der Waals surface area contributed by atoms with E-state index in [1.165, 1.54) is 13.2 Å². The topological polar surface area (TPSA) is 55.9 Å². The van der Waals surface area contributed by atoms with Crippen LogP contribution < -0.4 is 0 Å². The van der Waals surface area contributed by atoms with Crippen LogP contribution in [0.3, 0.4) is 0 Å². The van der Waals surface area contributed by atoms with E-state index in [-0.39, 0.29) is 18.2 Å². The first-order chi connectivity index (χ1) is 7.27. The van der Waals surface area contributed by atoms with E-state index in [1.807, 2.05) is 6.08 Å². The lowest BCUT2D eigenvalue weighted by Crippen LogP contribution is -2.02. The van der Waals surface area contributed by atoms with E-state index in [0.29, 0.717) is 19.1 Å². The average molecular weight is 210 g/mol. The van der Waals surface area contributed by atoms with Crippen LogP contribution in [0.15, 0.2) is 24.3 Å². The third-order valence-electron chi connectivity index (χ3n) is 2.08. The Kier molecular flexibility index (Phi) is 4.77. The number of hydrogen-bond donors (Lipinski definition) is 0. The molecule has 4 nitrogen and oxygen atoms in total. The number of ether oxygens (including phenoxy) is 2. The fourth-order valence-corrected chi connectivity index (χ4v) is 1.20. The molecule has 1 rings (SSSR count). The molecule has 2 atom stereocenters. The van der Waals surface area contributed by atoms with Gasteiger partial charge in [-0.15, -0.1) is 0 Å². The number of hydrogen-bond acceptors (Lipinski definition) is 4. The molecular weight excluding hydrogens is 196 g/mol. The van der Waals surface area contributed by atoms with Gasteiger partial charge in [0.2, 0.25) is 0 Å². The lowest BCUT2D eigenvalue weighted by Gasteiger charge is -1.94. The first kappa shape index (κ1) is 11.7. The van der Waals surface area contributed by atoms with Gasteiger partial charge in [-0.2, -0.15) is 0 Å². The molecule has 82 valence electrons. The van der Waals surface area contributed by atoms with Crippen molar-refractivity contribution in [1.29, 1.82) is 0 Å². The lowest BCUT2D eigenvalue weighted by atomic mass is 10.2. The maximum absolute atomic E-state index is 10.8. The normalized spacial score (nSPS) is 24.6. The Labute approximate surface area is 88.6 Å². The molecule has 0 N–H and O–H groups in total. The molecule has 0 aliphatic carbocycles. The van der Waals surface area contributed by atoms with Crippen LogP contribution in [0.4, 0.5) is 0 Å². The van der Waals surface area contributed by atoms with Crippen molar-refractivity contribution in [3.8, 4) is 0 Å². The summed E-state index contributed by atoms with van der Waals surface area (Å²) in [6.45, 7) is 0. The zero-order chi connectivity index (χ0) is 11.1. The Morgan fingerprint density at radius 3 is 2.87 bits per heavy atom. The third kappa shape index (κ3) is 4.56. The molecular formula is C11H14O4. The van der Waals surface area contributed by atoms with Crippen LogP contribution in [0.1, 0.15) is 12.8 Å². The van der Waals surface area contributed by atoms with Crippen LogP contribution in [0, 0.1) is 0 Å². The average Bonchev–Trinajstić information content (AvgIpc) is 3.00. The molecule has 0 radical (unpaired) electrons. The number of esters is 1. The number of carbonyl (C=O) groups excluding carboxylic acids is 2. The summed E-state index contributed by atoms with van der Waals surface area (Å²) in [4.78, 5) is 20.7. The minimum Gasteiger partial charge on any atom is -0.469 e. The lowest BCUT2D eigenvalue weighted by molar-refractivity contribution is -0.140. The molecule has 0 aromatic carbocycles. The van der Waals surface area contributed by atoms with Gasteiger partial charge < -0.3 is 9.47 Å². The van der Waals surface area contributed by atoms with Gasteiger partial charge in [-0.1, -0.05) is 18.2 Å². The van der Waals surface area contributed by atoms with Crippen molar-refractivity contribution in [3.63, 3.8) is 0 Å². The maximum atomic E-state index is 10.8. The molecule has 1 heterocycles. The molecule has 0 aromatic heterocycles. The van der Waals surface area contributed by atoms with Crippen LogP contribution in [-0.4, -0.2) is 31.6 Å². The van der Waals surface area contributed by atoms with E-state index < -0.39 is 0 Å². The van der Waals surface area contributed by atoms with Crippen LogP contribution in [0.5, 0.6) is 0 Å². The highest BCUT2D eigenvalue weighted by Gasteiger charge is 2.36. The number of methoxy groups -OCH3 is 1. The molecule has 1 fully saturated rings. The summed E-state index contributed by atoms with van der Waals surface area (Å²) < 4.78 is 9.79. The maximum Gasteiger partial charge on any atom is 0.305 e. The monoisotopic (exact) mass is 210 g/mol. The Balaban J connectivity index is 2.12. The van der Waals surface area contributed by atoms with Crippen LogP contribution in [0.25, 0.3) is 0 Å². The Hall–Kier alpha value is -1.42. The van der Waals surface area contributed by atoms with Crippen LogP contribution in [0.2, 0.25) is 0 Å². The van der Waals surface area contributed by atoms with Crippen molar-refractivity contribution in [2.75, 3.05) is 7.11 Å². The van der Waals surface area contributed by atoms with E-state index in [4.69, 9.17) is 4.74 Å². The minimum atomic E-state index is -0.214. The van der Waals surface area contributed by atoms with Crippen molar-refractivity contribution in [1.82, 2.24) is 0 Å². The van der Waals surface area contributed by atoms with Gasteiger partial charge in [0.1, 0.15) is 12.4 Å². The predicted octanol–water partition coefficient (Wildman–Crippen LogP) is 1.02.